The number of ketones is 1. The Bertz CT molecular complexity index is 659. The quantitative estimate of drug-likeness (QED) is 0.613. The summed E-state index contributed by atoms with van der Waals surface area (Å²) < 4.78 is 53.2. The number of benzene rings is 1. The zero-order valence-corrected chi connectivity index (χ0v) is 11.6. The first-order valence-corrected chi connectivity index (χ1v) is 6.10. The molecular weight excluding hydrogens is 344 g/mol. The lowest BCUT2D eigenvalue weighted by Crippen LogP contribution is -2.16. The van der Waals surface area contributed by atoms with Crippen LogP contribution in [0.3, 0.4) is 0 Å². The fourth-order valence-electron chi connectivity index (χ4n) is 1.75. The molecule has 0 aliphatic carbocycles. The third-order valence-corrected chi connectivity index (χ3v) is 3.22. The highest BCUT2D eigenvalue weighted by molar-refractivity contribution is 9.10. The van der Waals surface area contributed by atoms with Gasteiger partial charge in [-0.1, -0.05) is 0 Å². The van der Waals surface area contributed by atoms with Crippen molar-refractivity contribution in [3.63, 3.8) is 0 Å². The molecular formula is C12H7BrF4N2O. The molecule has 2 aromatic rings. The summed E-state index contributed by atoms with van der Waals surface area (Å²) >= 11 is 3.03. The van der Waals surface area contributed by atoms with Crippen LogP contribution in [0.5, 0.6) is 0 Å². The summed E-state index contributed by atoms with van der Waals surface area (Å²) in [4.78, 5) is 12.2. The average molecular weight is 351 g/mol. The zero-order valence-electron chi connectivity index (χ0n) is 10.0. The Kier molecular flexibility index (Phi) is 3.68. The summed E-state index contributed by atoms with van der Waals surface area (Å²) in [5.74, 6) is -1.87. The summed E-state index contributed by atoms with van der Waals surface area (Å²) in [7, 11) is 1.41. The van der Waals surface area contributed by atoms with Gasteiger partial charge in [0.1, 0.15) is 11.5 Å². The smallest absolute Gasteiger partial charge is 0.287 e. The molecule has 20 heavy (non-hydrogen) atoms. The molecule has 3 nitrogen and oxygen atoms in total. The topological polar surface area (TPSA) is 34.9 Å². The predicted octanol–water partition coefficient (Wildman–Crippen LogP) is 3.57. The van der Waals surface area contributed by atoms with Crippen LogP contribution in [0, 0.1) is 5.82 Å². The molecule has 0 radical (unpaired) electrons. The number of hydrogen-bond acceptors (Lipinski definition) is 2. The molecule has 0 N–H and O–H groups in total. The molecule has 0 saturated carbocycles. The maximum Gasteiger partial charge on any atom is 0.417 e. The van der Waals surface area contributed by atoms with Gasteiger partial charge in [0.05, 0.1) is 16.2 Å². The van der Waals surface area contributed by atoms with Crippen molar-refractivity contribution in [2.75, 3.05) is 0 Å². The van der Waals surface area contributed by atoms with E-state index in [1.807, 2.05) is 0 Å². The number of carbonyl (C=O) groups is 1. The van der Waals surface area contributed by atoms with E-state index in [-0.39, 0.29) is 10.2 Å². The van der Waals surface area contributed by atoms with E-state index < -0.39 is 28.9 Å². The second-order valence-electron chi connectivity index (χ2n) is 3.98. The van der Waals surface area contributed by atoms with Crippen molar-refractivity contribution >= 4 is 21.7 Å². The molecule has 0 amide bonds. The molecule has 106 valence electrons. The summed E-state index contributed by atoms with van der Waals surface area (Å²) in [6.07, 6.45) is -3.47. The van der Waals surface area contributed by atoms with Crippen molar-refractivity contribution < 1.29 is 22.4 Å². The lowest BCUT2D eigenvalue weighted by atomic mass is 10.0. The van der Waals surface area contributed by atoms with E-state index in [0.717, 1.165) is 4.68 Å². The van der Waals surface area contributed by atoms with Gasteiger partial charge in [-0.2, -0.15) is 18.3 Å². The Balaban J connectivity index is 2.63. The Morgan fingerprint density at radius 2 is 2.00 bits per heavy atom. The summed E-state index contributed by atoms with van der Waals surface area (Å²) in [5.41, 5.74) is -2.01. The number of carbonyl (C=O) groups excluding carboxylic acids is 1. The first-order valence-electron chi connectivity index (χ1n) is 5.30. The van der Waals surface area contributed by atoms with Crippen molar-refractivity contribution in [2.24, 2.45) is 7.05 Å². The minimum atomic E-state index is -4.75. The van der Waals surface area contributed by atoms with Crippen LogP contribution in [0.2, 0.25) is 0 Å². The van der Waals surface area contributed by atoms with E-state index in [4.69, 9.17) is 0 Å². The number of aryl methyl sites for hydroxylation is 1. The highest BCUT2D eigenvalue weighted by Gasteiger charge is 2.36. The van der Waals surface area contributed by atoms with Gasteiger partial charge in [0.15, 0.2) is 0 Å². The Morgan fingerprint density at radius 1 is 1.35 bits per heavy atom. The average Bonchev–Trinajstić information content (AvgIpc) is 2.66. The van der Waals surface area contributed by atoms with Crippen LogP contribution in [0.15, 0.2) is 28.9 Å². The normalized spacial score (nSPS) is 11.7. The maximum atomic E-state index is 13.2. The molecule has 0 aliphatic heterocycles. The summed E-state index contributed by atoms with van der Waals surface area (Å²) in [6, 6.07) is 1.79. The summed E-state index contributed by atoms with van der Waals surface area (Å²) in [6.45, 7) is 0. The van der Waals surface area contributed by atoms with Crippen LogP contribution < -0.4 is 0 Å². The van der Waals surface area contributed by atoms with Gasteiger partial charge < -0.3 is 0 Å². The van der Waals surface area contributed by atoms with E-state index in [9.17, 15) is 22.4 Å². The molecule has 0 bridgehead atoms. The van der Waals surface area contributed by atoms with Gasteiger partial charge >= 0.3 is 6.18 Å². The fourth-order valence-corrected chi connectivity index (χ4v) is 2.27. The van der Waals surface area contributed by atoms with Gasteiger partial charge in [-0.3, -0.25) is 9.48 Å². The predicted molar refractivity (Wildman–Crippen MR) is 65.7 cm³/mol. The van der Waals surface area contributed by atoms with Gasteiger partial charge in [0, 0.05) is 12.6 Å². The highest BCUT2D eigenvalue weighted by Crippen LogP contribution is 2.34. The number of alkyl halides is 3. The van der Waals surface area contributed by atoms with Gasteiger partial charge in [0.25, 0.3) is 0 Å². The second-order valence-corrected chi connectivity index (χ2v) is 4.84. The van der Waals surface area contributed by atoms with Gasteiger partial charge in [-0.25, -0.2) is 4.39 Å². The molecule has 0 spiro atoms. The van der Waals surface area contributed by atoms with Crippen LogP contribution in [0.1, 0.15) is 21.6 Å². The first-order chi connectivity index (χ1) is 9.21. The van der Waals surface area contributed by atoms with E-state index in [1.165, 1.54) is 13.2 Å². The molecule has 1 aromatic heterocycles. The van der Waals surface area contributed by atoms with Crippen LogP contribution in [-0.4, -0.2) is 15.6 Å². The Morgan fingerprint density at radius 3 is 2.50 bits per heavy atom. The van der Waals surface area contributed by atoms with Crippen LogP contribution in [0.4, 0.5) is 17.6 Å². The maximum absolute atomic E-state index is 13.2. The number of rotatable bonds is 2. The van der Waals surface area contributed by atoms with E-state index >= 15 is 0 Å². The number of halogens is 5. The minimum absolute atomic E-state index is 0.0823. The van der Waals surface area contributed by atoms with Gasteiger partial charge in [-0.05, 0) is 34.1 Å². The molecule has 0 saturated heterocycles. The highest BCUT2D eigenvalue weighted by atomic mass is 79.9. The molecule has 2 rings (SSSR count). The largest absolute Gasteiger partial charge is 0.417 e. The number of aromatic nitrogens is 2. The van der Waals surface area contributed by atoms with E-state index in [1.54, 1.807) is 0 Å². The lowest BCUT2D eigenvalue weighted by Gasteiger charge is -2.12. The minimum Gasteiger partial charge on any atom is -0.287 e. The van der Waals surface area contributed by atoms with Crippen molar-refractivity contribution in [1.29, 1.82) is 0 Å². The van der Waals surface area contributed by atoms with Crippen molar-refractivity contribution in [1.82, 2.24) is 9.78 Å². The standard InChI is InChI=1S/C12H7BrF4N2O/c1-19-10(9(13)5-18-19)11(20)7-4-6(14)2-3-8(7)12(15,16)17/h2-5H,1H3. The first kappa shape index (κ1) is 14.7. The lowest BCUT2D eigenvalue weighted by molar-refractivity contribution is -0.137. The number of hydrogen-bond donors (Lipinski definition) is 0. The van der Waals surface area contributed by atoms with Crippen LogP contribution >= 0.6 is 15.9 Å². The van der Waals surface area contributed by atoms with E-state index in [2.05, 4.69) is 21.0 Å². The third kappa shape index (κ3) is 2.60. The van der Waals surface area contributed by atoms with Gasteiger partial charge in [0.2, 0.25) is 5.78 Å². The second kappa shape index (κ2) is 5.01. The van der Waals surface area contributed by atoms with Crippen molar-refractivity contribution in [3.05, 3.63) is 51.5 Å². The van der Waals surface area contributed by atoms with Crippen LogP contribution in [-0.2, 0) is 13.2 Å². The van der Waals surface area contributed by atoms with Gasteiger partial charge in [-0.15, -0.1) is 0 Å². The molecule has 0 aliphatic rings. The molecule has 0 fully saturated rings. The Hall–Kier alpha value is -1.70. The molecule has 8 heteroatoms. The van der Waals surface area contributed by atoms with Crippen LogP contribution in [0.25, 0.3) is 0 Å². The molecule has 0 atom stereocenters. The molecule has 1 aromatic carbocycles. The summed E-state index contributed by atoms with van der Waals surface area (Å²) in [5, 5.41) is 3.75. The van der Waals surface area contributed by atoms with Crippen molar-refractivity contribution in [3.8, 4) is 0 Å². The number of nitrogens with zero attached hydrogens (tertiary/aromatic N) is 2. The molecule has 0 unspecified atom stereocenters. The fraction of sp³-hybridized carbons (Fsp3) is 0.167. The Labute approximate surface area is 119 Å². The monoisotopic (exact) mass is 350 g/mol. The molecule has 1 heterocycles. The van der Waals surface area contributed by atoms with E-state index in [0.29, 0.717) is 18.2 Å². The third-order valence-electron chi connectivity index (χ3n) is 2.64. The zero-order chi connectivity index (χ0) is 15.1. The SMILES string of the molecule is Cn1ncc(Br)c1C(=O)c1cc(F)ccc1C(F)(F)F. The van der Waals surface area contributed by atoms with Crippen molar-refractivity contribution in [2.45, 2.75) is 6.18 Å².